The molecule has 0 saturated carbocycles. The smallest absolute Gasteiger partial charge is 0.262 e. The fraction of sp³-hybridized carbons (Fsp3) is 0.300. The number of anilines is 1. The summed E-state index contributed by atoms with van der Waals surface area (Å²) in [7, 11) is 3.04. The molecule has 0 unspecified atom stereocenters. The molecule has 144 valence electrons. The minimum absolute atomic E-state index is 0.271. The van der Waals surface area contributed by atoms with Gasteiger partial charge in [0.05, 0.1) is 32.1 Å². The predicted molar refractivity (Wildman–Crippen MR) is 101 cm³/mol. The Morgan fingerprint density at radius 3 is 2.41 bits per heavy atom. The molecule has 7 heteroatoms. The molecular formula is C20H23NO6. The van der Waals surface area contributed by atoms with E-state index >= 15 is 0 Å². The Kier molecular flexibility index (Phi) is 7.49. The molecule has 0 saturated heterocycles. The van der Waals surface area contributed by atoms with Gasteiger partial charge in [0.25, 0.3) is 5.91 Å². The first-order valence-electron chi connectivity index (χ1n) is 8.48. The summed E-state index contributed by atoms with van der Waals surface area (Å²) in [6.45, 7) is 2.28. The maximum Gasteiger partial charge on any atom is 0.262 e. The molecule has 27 heavy (non-hydrogen) atoms. The van der Waals surface area contributed by atoms with Crippen LogP contribution in [0.2, 0.25) is 0 Å². The zero-order valence-corrected chi connectivity index (χ0v) is 15.6. The van der Waals surface area contributed by atoms with Crippen molar-refractivity contribution in [1.82, 2.24) is 0 Å². The van der Waals surface area contributed by atoms with E-state index in [2.05, 4.69) is 5.32 Å². The second-order valence-corrected chi connectivity index (χ2v) is 5.57. The summed E-state index contributed by atoms with van der Waals surface area (Å²) in [6, 6.07) is 9.92. The molecule has 0 spiro atoms. The van der Waals surface area contributed by atoms with Crippen LogP contribution in [0.5, 0.6) is 23.0 Å². The Hall–Kier alpha value is -3.22. The number of carbonyl (C=O) groups excluding carboxylic acids is 2. The molecule has 0 bridgehead atoms. The Labute approximate surface area is 158 Å². The van der Waals surface area contributed by atoms with Crippen LogP contribution in [0.1, 0.15) is 23.7 Å². The number of aldehydes is 1. The number of methoxy groups -OCH3 is 2. The van der Waals surface area contributed by atoms with Crippen LogP contribution in [0, 0.1) is 0 Å². The maximum absolute atomic E-state index is 12.2. The van der Waals surface area contributed by atoms with E-state index in [1.807, 2.05) is 6.92 Å². The number of nitrogens with one attached hydrogen (secondary N) is 1. The Morgan fingerprint density at radius 1 is 1.00 bits per heavy atom. The van der Waals surface area contributed by atoms with Crippen molar-refractivity contribution in [2.75, 3.05) is 32.8 Å². The number of rotatable bonds is 10. The molecule has 0 radical (unpaired) electrons. The van der Waals surface area contributed by atoms with Gasteiger partial charge >= 0.3 is 0 Å². The standard InChI is InChI=1S/C20H23NO6/c1-4-9-26-16-6-5-14(12-22)18(11-16)27-13-20(23)21-17-8-7-15(24-2)10-19(17)25-3/h5-8,10-12H,4,9,13H2,1-3H3,(H,21,23). The van der Waals surface area contributed by atoms with E-state index in [4.69, 9.17) is 18.9 Å². The molecule has 0 aliphatic heterocycles. The van der Waals surface area contributed by atoms with Gasteiger partial charge in [-0.15, -0.1) is 0 Å². The van der Waals surface area contributed by atoms with Gasteiger partial charge in [-0.3, -0.25) is 9.59 Å². The van der Waals surface area contributed by atoms with Gasteiger partial charge in [-0.25, -0.2) is 0 Å². The molecule has 0 aliphatic rings. The number of hydrogen-bond donors (Lipinski definition) is 1. The van der Waals surface area contributed by atoms with Crippen LogP contribution in [0.4, 0.5) is 5.69 Å². The third-order valence-corrected chi connectivity index (χ3v) is 3.63. The lowest BCUT2D eigenvalue weighted by Crippen LogP contribution is -2.21. The zero-order valence-electron chi connectivity index (χ0n) is 15.6. The minimum Gasteiger partial charge on any atom is -0.497 e. The fourth-order valence-corrected chi connectivity index (χ4v) is 2.28. The van der Waals surface area contributed by atoms with Gasteiger partial charge in [0.2, 0.25) is 0 Å². The third kappa shape index (κ3) is 5.64. The lowest BCUT2D eigenvalue weighted by atomic mass is 10.2. The topological polar surface area (TPSA) is 83.1 Å². The quantitative estimate of drug-likeness (QED) is 0.643. The van der Waals surface area contributed by atoms with Crippen LogP contribution in [0.25, 0.3) is 0 Å². The summed E-state index contributed by atoms with van der Waals surface area (Å²) < 4.78 is 21.4. The van der Waals surface area contributed by atoms with E-state index in [0.29, 0.717) is 41.4 Å². The molecule has 2 aromatic carbocycles. The Balaban J connectivity index is 2.04. The molecular weight excluding hydrogens is 350 g/mol. The van der Waals surface area contributed by atoms with E-state index in [-0.39, 0.29) is 12.4 Å². The number of carbonyl (C=O) groups is 2. The zero-order chi connectivity index (χ0) is 19.6. The molecule has 1 amide bonds. The van der Waals surface area contributed by atoms with Crippen molar-refractivity contribution in [2.24, 2.45) is 0 Å². The average Bonchev–Trinajstić information content (AvgIpc) is 2.70. The van der Waals surface area contributed by atoms with Gasteiger partial charge in [-0.1, -0.05) is 6.92 Å². The lowest BCUT2D eigenvalue weighted by molar-refractivity contribution is -0.118. The normalized spacial score (nSPS) is 10.0. The summed E-state index contributed by atoms with van der Waals surface area (Å²) in [5.74, 6) is 1.55. The van der Waals surface area contributed by atoms with Gasteiger partial charge in [0.15, 0.2) is 12.9 Å². The molecule has 2 rings (SSSR count). The van der Waals surface area contributed by atoms with E-state index in [1.165, 1.54) is 7.11 Å². The fourth-order valence-electron chi connectivity index (χ4n) is 2.28. The summed E-state index contributed by atoms with van der Waals surface area (Å²) in [6.07, 6.45) is 1.53. The molecule has 0 aromatic heterocycles. The van der Waals surface area contributed by atoms with Crippen LogP contribution in [-0.4, -0.2) is 39.6 Å². The first kappa shape index (κ1) is 20.1. The number of benzene rings is 2. The highest BCUT2D eigenvalue weighted by Gasteiger charge is 2.12. The van der Waals surface area contributed by atoms with Gasteiger partial charge < -0.3 is 24.3 Å². The van der Waals surface area contributed by atoms with Crippen molar-refractivity contribution in [2.45, 2.75) is 13.3 Å². The SMILES string of the molecule is CCCOc1ccc(C=O)c(OCC(=O)Nc2ccc(OC)cc2OC)c1. The first-order chi connectivity index (χ1) is 13.1. The highest BCUT2D eigenvalue weighted by molar-refractivity contribution is 5.93. The van der Waals surface area contributed by atoms with E-state index < -0.39 is 5.91 Å². The van der Waals surface area contributed by atoms with Gasteiger partial charge in [0.1, 0.15) is 23.0 Å². The Morgan fingerprint density at radius 2 is 1.74 bits per heavy atom. The molecule has 0 aliphatic carbocycles. The summed E-state index contributed by atoms with van der Waals surface area (Å²) in [5.41, 5.74) is 0.830. The van der Waals surface area contributed by atoms with Crippen LogP contribution in [-0.2, 0) is 4.79 Å². The third-order valence-electron chi connectivity index (χ3n) is 3.63. The van der Waals surface area contributed by atoms with Gasteiger partial charge in [0, 0.05) is 12.1 Å². The largest absolute Gasteiger partial charge is 0.497 e. The molecule has 7 nitrogen and oxygen atoms in total. The average molecular weight is 373 g/mol. The van der Waals surface area contributed by atoms with Gasteiger partial charge in [-0.2, -0.15) is 0 Å². The van der Waals surface area contributed by atoms with E-state index in [9.17, 15) is 9.59 Å². The molecule has 0 heterocycles. The van der Waals surface area contributed by atoms with Crippen LogP contribution >= 0.6 is 0 Å². The van der Waals surface area contributed by atoms with Crippen LogP contribution in [0.15, 0.2) is 36.4 Å². The van der Waals surface area contributed by atoms with Crippen molar-refractivity contribution in [3.05, 3.63) is 42.0 Å². The minimum atomic E-state index is -0.393. The summed E-state index contributed by atoms with van der Waals surface area (Å²) in [4.78, 5) is 23.4. The van der Waals surface area contributed by atoms with Crippen molar-refractivity contribution >= 4 is 17.9 Å². The monoisotopic (exact) mass is 373 g/mol. The first-order valence-corrected chi connectivity index (χ1v) is 8.48. The second kappa shape index (κ2) is 10.1. The highest BCUT2D eigenvalue weighted by Crippen LogP contribution is 2.29. The highest BCUT2D eigenvalue weighted by atomic mass is 16.5. The molecule has 0 fully saturated rings. The van der Waals surface area contributed by atoms with Crippen molar-refractivity contribution in [3.63, 3.8) is 0 Å². The predicted octanol–water partition coefficient (Wildman–Crippen LogP) is 3.32. The van der Waals surface area contributed by atoms with Crippen molar-refractivity contribution in [3.8, 4) is 23.0 Å². The number of ether oxygens (including phenoxy) is 4. The summed E-state index contributed by atoms with van der Waals surface area (Å²) in [5, 5.41) is 2.71. The Bertz CT molecular complexity index is 790. The lowest BCUT2D eigenvalue weighted by Gasteiger charge is -2.13. The second-order valence-electron chi connectivity index (χ2n) is 5.57. The number of amides is 1. The van der Waals surface area contributed by atoms with Crippen molar-refractivity contribution < 1.29 is 28.5 Å². The summed E-state index contributed by atoms with van der Waals surface area (Å²) >= 11 is 0. The van der Waals surface area contributed by atoms with Crippen LogP contribution in [0.3, 0.4) is 0 Å². The van der Waals surface area contributed by atoms with Gasteiger partial charge in [-0.05, 0) is 30.7 Å². The maximum atomic E-state index is 12.2. The molecule has 0 atom stereocenters. The molecule has 1 N–H and O–H groups in total. The molecule has 2 aromatic rings. The van der Waals surface area contributed by atoms with Crippen molar-refractivity contribution in [1.29, 1.82) is 0 Å². The van der Waals surface area contributed by atoms with E-state index in [1.54, 1.807) is 43.5 Å². The van der Waals surface area contributed by atoms with E-state index in [0.717, 1.165) is 6.42 Å². The van der Waals surface area contributed by atoms with Crippen LogP contribution < -0.4 is 24.3 Å². The number of hydrogen-bond acceptors (Lipinski definition) is 6.